The molecule has 0 saturated heterocycles. The van der Waals surface area contributed by atoms with E-state index in [1.54, 1.807) is 0 Å². The second-order valence-electron chi connectivity index (χ2n) is 3.98. The molecule has 2 aromatic carbocycles. The van der Waals surface area contributed by atoms with Gasteiger partial charge in [0.25, 0.3) is 0 Å². The number of hydrogen-bond acceptors (Lipinski definition) is 2. The summed E-state index contributed by atoms with van der Waals surface area (Å²) in [6, 6.07) is 11.7. The molecule has 0 aromatic heterocycles. The lowest BCUT2D eigenvalue weighted by molar-refractivity contribution is 1.44. The molecule has 2 nitrogen and oxygen atoms in total. The van der Waals surface area contributed by atoms with Crippen LogP contribution in [0.4, 0.5) is 11.4 Å². The fraction of sp³-hybridized carbons (Fsp3) is 0.143. The van der Waals surface area contributed by atoms with E-state index in [2.05, 4.69) is 0 Å². The third-order valence-electron chi connectivity index (χ3n) is 2.75. The highest BCUT2D eigenvalue weighted by Crippen LogP contribution is 2.26. The van der Waals surface area contributed by atoms with E-state index < -0.39 is 0 Å². The summed E-state index contributed by atoms with van der Waals surface area (Å²) < 4.78 is 7.33. The Hall–Kier alpha value is -1.96. The predicted octanol–water partition coefficient (Wildman–Crippen LogP) is 3.13. The maximum atomic E-state index is 7.33. The first kappa shape index (κ1) is 9.28. The maximum Gasteiger partial charge on any atom is 0.0349 e. The molecule has 0 aliphatic heterocycles. The van der Waals surface area contributed by atoms with Crippen LogP contribution in [-0.4, -0.2) is 0 Å². The quantitative estimate of drug-likeness (QED) is 0.715. The normalized spacial score (nSPS) is 11.2. The van der Waals surface area contributed by atoms with Gasteiger partial charge in [0.2, 0.25) is 0 Å². The van der Waals surface area contributed by atoms with E-state index in [4.69, 9.17) is 12.8 Å². The second-order valence-corrected chi connectivity index (χ2v) is 3.98. The SMILES string of the molecule is [2H]Cc1ccc(-c2ccc(N)c(C)c2)cc1N. The van der Waals surface area contributed by atoms with E-state index in [-0.39, 0.29) is 6.90 Å². The largest absolute Gasteiger partial charge is 0.399 e. The van der Waals surface area contributed by atoms with Crippen LogP contribution in [0.1, 0.15) is 12.5 Å². The highest BCUT2D eigenvalue weighted by atomic mass is 14.6. The van der Waals surface area contributed by atoms with Gasteiger partial charge in [0, 0.05) is 12.7 Å². The van der Waals surface area contributed by atoms with Gasteiger partial charge in [-0.25, -0.2) is 0 Å². The average molecular weight is 213 g/mol. The van der Waals surface area contributed by atoms with Gasteiger partial charge in [-0.1, -0.05) is 18.2 Å². The molecule has 0 fully saturated rings. The molecule has 0 radical (unpaired) electrons. The Morgan fingerprint density at radius 3 is 2.19 bits per heavy atom. The van der Waals surface area contributed by atoms with Crippen LogP contribution in [0.25, 0.3) is 11.1 Å². The molecule has 0 saturated carbocycles. The summed E-state index contributed by atoms with van der Waals surface area (Å²) in [7, 11) is 0. The second kappa shape index (κ2) is 3.89. The van der Waals surface area contributed by atoms with Crippen LogP contribution in [0.5, 0.6) is 0 Å². The van der Waals surface area contributed by atoms with Crippen LogP contribution in [0.2, 0.25) is 0 Å². The molecule has 4 N–H and O–H groups in total. The lowest BCUT2D eigenvalue weighted by atomic mass is 10.0. The number of benzene rings is 2. The molecular weight excluding hydrogens is 196 g/mol. The number of hydrogen-bond donors (Lipinski definition) is 2. The minimum absolute atomic E-state index is 0.215. The summed E-state index contributed by atoms with van der Waals surface area (Å²) in [4.78, 5) is 0. The lowest BCUT2D eigenvalue weighted by Crippen LogP contribution is -1.92. The average Bonchev–Trinajstić information content (AvgIpc) is 2.32. The Morgan fingerprint density at radius 2 is 1.56 bits per heavy atom. The van der Waals surface area contributed by atoms with Crippen molar-refractivity contribution in [3.05, 3.63) is 47.5 Å². The van der Waals surface area contributed by atoms with Crippen molar-refractivity contribution >= 4 is 11.4 Å². The molecule has 0 aliphatic rings. The van der Waals surface area contributed by atoms with Gasteiger partial charge in [-0.15, -0.1) is 0 Å². The zero-order valence-electron chi connectivity index (χ0n) is 10.3. The van der Waals surface area contributed by atoms with E-state index in [1.165, 1.54) is 0 Å². The molecule has 0 amide bonds. The number of rotatable bonds is 1. The fourth-order valence-electron chi connectivity index (χ4n) is 1.63. The number of nitrogens with two attached hydrogens (primary N) is 2. The minimum atomic E-state index is 0.215. The first-order valence-electron chi connectivity index (χ1n) is 5.86. The molecule has 0 spiro atoms. The molecule has 0 atom stereocenters. The van der Waals surface area contributed by atoms with E-state index >= 15 is 0 Å². The highest BCUT2D eigenvalue weighted by molar-refractivity contribution is 5.71. The van der Waals surface area contributed by atoms with Gasteiger partial charge < -0.3 is 11.5 Å². The van der Waals surface area contributed by atoms with E-state index in [1.807, 2.05) is 43.3 Å². The van der Waals surface area contributed by atoms with Crippen molar-refractivity contribution in [1.82, 2.24) is 0 Å². The van der Waals surface area contributed by atoms with E-state index in [9.17, 15) is 0 Å². The molecule has 82 valence electrons. The summed E-state index contributed by atoms with van der Waals surface area (Å²) >= 11 is 0. The molecule has 2 aromatic rings. The van der Waals surface area contributed by atoms with E-state index in [0.717, 1.165) is 27.9 Å². The third-order valence-corrected chi connectivity index (χ3v) is 2.75. The summed E-state index contributed by atoms with van der Waals surface area (Å²) in [5, 5.41) is 0. The highest BCUT2D eigenvalue weighted by Gasteiger charge is 2.01. The first-order chi connectivity index (χ1) is 8.11. The van der Waals surface area contributed by atoms with Gasteiger partial charge in [-0.3, -0.25) is 0 Å². The van der Waals surface area contributed by atoms with Crippen molar-refractivity contribution in [2.24, 2.45) is 0 Å². The zero-order chi connectivity index (χ0) is 12.4. The van der Waals surface area contributed by atoms with Crippen molar-refractivity contribution in [2.75, 3.05) is 11.5 Å². The van der Waals surface area contributed by atoms with Crippen molar-refractivity contribution in [3.8, 4) is 11.1 Å². The molecule has 16 heavy (non-hydrogen) atoms. The topological polar surface area (TPSA) is 52.0 Å². The van der Waals surface area contributed by atoms with Gasteiger partial charge in [0.1, 0.15) is 0 Å². The third kappa shape index (κ3) is 1.87. The Balaban J connectivity index is 2.46. The van der Waals surface area contributed by atoms with Crippen LogP contribution < -0.4 is 11.5 Å². The van der Waals surface area contributed by atoms with E-state index in [0.29, 0.717) is 5.69 Å². The van der Waals surface area contributed by atoms with Crippen LogP contribution in [0.3, 0.4) is 0 Å². The summed E-state index contributed by atoms with van der Waals surface area (Å²) in [5.41, 5.74) is 17.2. The molecule has 0 bridgehead atoms. The van der Waals surface area contributed by atoms with Gasteiger partial charge >= 0.3 is 0 Å². The molecule has 0 heterocycles. The van der Waals surface area contributed by atoms with Gasteiger partial charge in [-0.2, -0.15) is 0 Å². The molecule has 2 heteroatoms. The zero-order valence-corrected chi connectivity index (χ0v) is 9.33. The first-order valence-corrected chi connectivity index (χ1v) is 5.16. The molecular formula is C14H16N2. The molecule has 2 rings (SSSR count). The smallest absolute Gasteiger partial charge is 0.0349 e. The van der Waals surface area contributed by atoms with Crippen LogP contribution in [-0.2, 0) is 0 Å². The van der Waals surface area contributed by atoms with Crippen molar-refractivity contribution in [1.29, 1.82) is 0 Å². The minimum Gasteiger partial charge on any atom is -0.399 e. The van der Waals surface area contributed by atoms with Crippen molar-refractivity contribution in [2.45, 2.75) is 13.8 Å². The monoisotopic (exact) mass is 213 g/mol. The number of aryl methyl sites for hydroxylation is 2. The van der Waals surface area contributed by atoms with Crippen LogP contribution in [0.15, 0.2) is 36.4 Å². The van der Waals surface area contributed by atoms with Crippen molar-refractivity contribution in [3.63, 3.8) is 0 Å². The Kier molecular flexibility index (Phi) is 2.26. The standard InChI is InChI=1S/C14H16N2/c1-9-3-4-12(8-14(9)16)11-5-6-13(15)10(2)7-11/h3-8H,15-16H2,1-2H3/i1D. The summed E-state index contributed by atoms with van der Waals surface area (Å²) in [5.74, 6) is 0. The molecule has 0 aliphatic carbocycles. The predicted molar refractivity (Wildman–Crippen MR) is 70.2 cm³/mol. The fourth-order valence-corrected chi connectivity index (χ4v) is 1.63. The Labute approximate surface area is 97.3 Å². The maximum absolute atomic E-state index is 7.33. The Morgan fingerprint density at radius 1 is 0.875 bits per heavy atom. The lowest BCUT2D eigenvalue weighted by Gasteiger charge is -2.07. The Bertz CT molecular complexity index is 550. The van der Waals surface area contributed by atoms with Gasteiger partial charge in [0.15, 0.2) is 0 Å². The number of anilines is 2. The van der Waals surface area contributed by atoms with Gasteiger partial charge in [-0.05, 0) is 54.3 Å². The van der Waals surface area contributed by atoms with Crippen molar-refractivity contribution < 1.29 is 1.37 Å². The van der Waals surface area contributed by atoms with Gasteiger partial charge in [0.05, 0.1) is 0 Å². The van der Waals surface area contributed by atoms with Crippen LogP contribution >= 0.6 is 0 Å². The molecule has 0 unspecified atom stereocenters. The summed E-state index contributed by atoms with van der Waals surface area (Å²) in [6.45, 7) is 2.20. The van der Waals surface area contributed by atoms with Crippen LogP contribution in [0, 0.1) is 13.8 Å². The number of nitrogen functional groups attached to an aromatic ring is 2. The summed E-state index contributed by atoms with van der Waals surface area (Å²) in [6.07, 6.45) is 0.